The van der Waals surface area contributed by atoms with Crippen molar-refractivity contribution in [3.63, 3.8) is 0 Å². The quantitative estimate of drug-likeness (QED) is 0.139. The van der Waals surface area contributed by atoms with Crippen LogP contribution in [0.25, 0.3) is 11.1 Å². The van der Waals surface area contributed by atoms with Crippen molar-refractivity contribution in [1.29, 1.82) is 0 Å². The summed E-state index contributed by atoms with van der Waals surface area (Å²) in [4.78, 5) is 51.6. The van der Waals surface area contributed by atoms with Crippen LogP contribution in [0.5, 0.6) is 0 Å². The molecule has 10 nitrogen and oxygen atoms in total. The van der Waals surface area contributed by atoms with E-state index in [1.165, 1.54) is 0 Å². The Bertz CT molecular complexity index is 1330. The van der Waals surface area contributed by atoms with Crippen molar-refractivity contribution in [2.24, 2.45) is 11.8 Å². The van der Waals surface area contributed by atoms with Gasteiger partial charge in [-0.2, -0.15) is 0 Å². The maximum atomic E-state index is 13.2. The molecular formula is C36H47N3O7. The summed E-state index contributed by atoms with van der Waals surface area (Å²) in [6.07, 6.45) is 3.38. The topological polar surface area (TPSA) is 143 Å². The highest BCUT2D eigenvalue weighted by Crippen LogP contribution is 2.44. The average molecular weight is 634 g/mol. The smallest absolute Gasteiger partial charge is 0.407 e. The molecule has 0 saturated heterocycles. The van der Waals surface area contributed by atoms with Crippen molar-refractivity contribution in [2.75, 3.05) is 19.8 Å². The van der Waals surface area contributed by atoms with E-state index in [4.69, 9.17) is 9.47 Å². The number of alkyl carbamates (subject to hydrolysis) is 1. The largest absolute Gasteiger partial charge is 0.462 e. The lowest BCUT2D eigenvalue weighted by molar-refractivity contribution is -0.148. The highest BCUT2D eigenvalue weighted by Gasteiger charge is 2.31. The van der Waals surface area contributed by atoms with Gasteiger partial charge in [0.25, 0.3) is 0 Å². The first kappa shape index (κ1) is 36.0. The number of aliphatic hydroxyl groups is 1. The molecule has 1 aliphatic carbocycles. The Kier molecular flexibility index (Phi) is 14.0. The predicted octanol–water partition coefficient (Wildman–Crippen LogP) is 4.62. The highest BCUT2D eigenvalue weighted by molar-refractivity contribution is 5.86. The molecular weight excluding hydrogens is 586 g/mol. The molecule has 2 aromatic carbocycles. The van der Waals surface area contributed by atoms with E-state index in [0.717, 1.165) is 22.3 Å². The predicted molar refractivity (Wildman–Crippen MR) is 177 cm³/mol. The Hall–Kier alpha value is -4.44. The van der Waals surface area contributed by atoms with Gasteiger partial charge < -0.3 is 30.5 Å². The normalized spacial score (nSPS) is 14.5. The molecule has 46 heavy (non-hydrogen) atoms. The van der Waals surface area contributed by atoms with Crippen LogP contribution in [0.1, 0.15) is 63.5 Å². The standard InChI is InChI=1S/C36H47N3O7/c1-6-8-18-31(39-36(44)46-21-30-28-16-11-9-14-26(28)27-15-10-12-17-29(27)30)35(43)45-22-32(23(3)4)38-34(42)25(13-7-2)19-33(41)37-24(5)20-40/h6-7,9-12,14-17,23-25,30-32,40H,1-2,8,13,18-22H2,3-5H3,(H,37,41)(H,38,42)(H,39,44). The number of hydrogen-bond acceptors (Lipinski definition) is 7. The minimum absolute atomic E-state index is 0.0829. The second kappa shape index (κ2) is 17.9. The number of carbonyl (C=O) groups is 4. The molecule has 0 bridgehead atoms. The third kappa shape index (κ3) is 10.0. The van der Waals surface area contributed by atoms with Crippen molar-refractivity contribution in [3.8, 4) is 11.1 Å². The van der Waals surface area contributed by atoms with Crippen LogP contribution >= 0.6 is 0 Å². The average Bonchev–Trinajstić information content (AvgIpc) is 3.36. The molecule has 1 aliphatic rings. The van der Waals surface area contributed by atoms with Gasteiger partial charge in [0.1, 0.15) is 19.3 Å². The molecule has 0 spiro atoms. The van der Waals surface area contributed by atoms with Gasteiger partial charge in [-0.1, -0.05) is 74.5 Å². The van der Waals surface area contributed by atoms with Gasteiger partial charge in [0.2, 0.25) is 11.8 Å². The van der Waals surface area contributed by atoms with Crippen LogP contribution in [-0.2, 0) is 23.9 Å². The Labute approximate surface area is 271 Å². The van der Waals surface area contributed by atoms with Crippen LogP contribution in [-0.4, -0.2) is 66.9 Å². The number of nitrogens with one attached hydrogen (secondary N) is 3. The Morgan fingerprint density at radius 2 is 1.52 bits per heavy atom. The zero-order chi connectivity index (χ0) is 33.6. The summed E-state index contributed by atoms with van der Waals surface area (Å²) in [5.41, 5.74) is 4.39. The molecule has 0 aromatic heterocycles. The number of hydrogen-bond donors (Lipinski definition) is 4. The van der Waals surface area contributed by atoms with E-state index < -0.39 is 36.1 Å². The van der Waals surface area contributed by atoms with E-state index in [1.54, 1.807) is 19.1 Å². The Morgan fingerprint density at radius 1 is 0.891 bits per heavy atom. The number of rotatable bonds is 18. The van der Waals surface area contributed by atoms with Crippen molar-refractivity contribution in [1.82, 2.24) is 16.0 Å². The van der Waals surface area contributed by atoms with Gasteiger partial charge in [0, 0.05) is 18.4 Å². The van der Waals surface area contributed by atoms with Gasteiger partial charge >= 0.3 is 12.1 Å². The van der Waals surface area contributed by atoms with E-state index in [-0.39, 0.29) is 62.7 Å². The second-order valence-electron chi connectivity index (χ2n) is 12.0. The molecule has 248 valence electrons. The monoisotopic (exact) mass is 633 g/mol. The summed E-state index contributed by atoms with van der Waals surface area (Å²) in [7, 11) is 0. The Morgan fingerprint density at radius 3 is 2.09 bits per heavy atom. The summed E-state index contributed by atoms with van der Waals surface area (Å²) in [5, 5.41) is 17.4. The number of carbonyl (C=O) groups excluding carboxylic acids is 4. The van der Waals surface area contributed by atoms with Crippen LogP contribution < -0.4 is 16.0 Å². The molecule has 0 heterocycles. The molecule has 3 amide bonds. The van der Waals surface area contributed by atoms with Crippen LogP contribution in [0.4, 0.5) is 4.79 Å². The molecule has 0 fully saturated rings. The van der Waals surface area contributed by atoms with Gasteiger partial charge in [-0.05, 0) is 54.4 Å². The summed E-state index contributed by atoms with van der Waals surface area (Å²) in [5.74, 6) is -2.31. The lowest BCUT2D eigenvalue weighted by Gasteiger charge is -2.26. The summed E-state index contributed by atoms with van der Waals surface area (Å²) in [6, 6.07) is 14.1. The van der Waals surface area contributed by atoms with Crippen LogP contribution in [0.15, 0.2) is 73.8 Å². The lowest BCUT2D eigenvalue weighted by atomic mass is 9.97. The fraction of sp³-hybridized carbons (Fsp3) is 0.444. The van der Waals surface area contributed by atoms with Crippen LogP contribution in [0.2, 0.25) is 0 Å². The van der Waals surface area contributed by atoms with Crippen molar-refractivity contribution < 1.29 is 33.8 Å². The third-order valence-corrected chi connectivity index (χ3v) is 8.05. The maximum absolute atomic E-state index is 13.2. The van der Waals surface area contributed by atoms with Crippen molar-refractivity contribution in [2.45, 2.75) is 70.5 Å². The zero-order valence-electron chi connectivity index (χ0n) is 27.0. The molecule has 0 saturated carbocycles. The highest BCUT2D eigenvalue weighted by atomic mass is 16.6. The fourth-order valence-corrected chi connectivity index (χ4v) is 5.38. The molecule has 3 rings (SSSR count). The summed E-state index contributed by atoms with van der Waals surface area (Å²) < 4.78 is 11.2. The molecule has 4 N–H and O–H groups in total. The molecule has 0 radical (unpaired) electrons. The van der Waals surface area contributed by atoms with E-state index in [9.17, 15) is 24.3 Å². The second-order valence-corrected chi connectivity index (χ2v) is 12.0. The number of amides is 3. The summed E-state index contributed by atoms with van der Waals surface area (Å²) >= 11 is 0. The molecule has 2 aromatic rings. The van der Waals surface area contributed by atoms with Gasteiger partial charge in [0.05, 0.1) is 18.6 Å². The third-order valence-electron chi connectivity index (χ3n) is 8.05. The number of fused-ring (bicyclic) bond motifs is 3. The minimum Gasteiger partial charge on any atom is -0.462 e. The van der Waals surface area contributed by atoms with Gasteiger partial charge in [-0.15, -0.1) is 13.2 Å². The maximum Gasteiger partial charge on any atom is 0.407 e. The minimum atomic E-state index is -0.983. The molecule has 4 atom stereocenters. The Balaban J connectivity index is 1.59. The van der Waals surface area contributed by atoms with Crippen molar-refractivity contribution >= 4 is 23.9 Å². The SMILES string of the molecule is C=CCCC(NC(=O)OCC1c2ccccc2-c2ccccc21)C(=O)OCC(NC(=O)C(CC=C)CC(=O)NC(C)CO)C(C)C. The van der Waals surface area contributed by atoms with Gasteiger partial charge in [0.15, 0.2) is 0 Å². The van der Waals surface area contributed by atoms with Crippen LogP contribution in [0.3, 0.4) is 0 Å². The number of ether oxygens (including phenoxy) is 2. The van der Waals surface area contributed by atoms with E-state index in [0.29, 0.717) is 6.42 Å². The van der Waals surface area contributed by atoms with Gasteiger partial charge in [-0.25, -0.2) is 9.59 Å². The lowest BCUT2D eigenvalue weighted by Crippen LogP contribution is -2.48. The first-order valence-corrected chi connectivity index (χ1v) is 15.8. The van der Waals surface area contributed by atoms with Crippen molar-refractivity contribution in [3.05, 3.63) is 85.0 Å². The fourth-order valence-electron chi connectivity index (χ4n) is 5.38. The first-order chi connectivity index (χ1) is 22.1. The molecule has 4 unspecified atom stereocenters. The van der Waals surface area contributed by atoms with E-state index in [1.807, 2.05) is 50.2 Å². The summed E-state index contributed by atoms with van der Waals surface area (Å²) in [6.45, 7) is 12.6. The molecule has 10 heteroatoms. The molecule has 0 aliphatic heterocycles. The van der Waals surface area contributed by atoms with E-state index >= 15 is 0 Å². The van der Waals surface area contributed by atoms with Crippen LogP contribution in [0, 0.1) is 11.8 Å². The number of allylic oxidation sites excluding steroid dienone is 2. The zero-order valence-corrected chi connectivity index (χ0v) is 27.0. The van der Waals surface area contributed by atoms with Gasteiger partial charge in [-0.3, -0.25) is 9.59 Å². The first-order valence-electron chi connectivity index (χ1n) is 15.8. The number of aliphatic hydroxyl groups excluding tert-OH is 1. The number of benzene rings is 2. The number of esters is 1. The van der Waals surface area contributed by atoms with E-state index in [2.05, 4.69) is 41.2 Å².